The van der Waals surface area contributed by atoms with Crippen LogP contribution in [0.4, 0.5) is 0 Å². The SMILES string of the molecule is CCCOC(=O)COCC.CCOCC(=O)OCC. The molecule has 0 saturated heterocycles. The summed E-state index contributed by atoms with van der Waals surface area (Å²) in [5.41, 5.74) is 0. The molecule has 0 aliphatic heterocycles. The lowest BCUT2D eigenvalue weighted by atomic mass is 10.5. The number of rotatable bonds is 9. The van der Waals surface area contributed by atoms with Crippen LogP contribution in [0.2, 0.25) is 0 Å². The Balaban J connectivity index is 0. The van der Waals surface area contributed by atoms with Crippen molar-refractivity contribution in [2.45, 2.75) is 34.1 Å². The molecule has 0 atom stereocenters. The molecule has 0 aromatic rings. The first-order chi connectivity index (χ1) is 9.12. The highest BCUT2D eigenvalue weighted by Gasteiger charge is 1.99. The summed E-state index contributed by atoms with van der Waals surface area (Å²) in [5.74, 6) is -0.567. The van der Waals surface area contributed by atoms with E-state index < -0.39 is 0 Å². The van der Waals surface area contributed by atoms with Gasteiger partial charge < -0.3 is 18.9 Å². The number of carbonyl (C=O) groups excluding carboxylic acids is 2. The van der Waals surface area contributed by atoms with Crippen molar-refractivity contribution >= 4 is 11.9 Å². The van der Waals surface area contributed by atoms with Gasteiger partial charge in [0.05, 0.1) is 13.2 Å². The zero-order chi connectivity index (χ0) is 14.9. The van der Waals surface area contributed by atoms with Gasteiger partial charge in [0.2, 0.25) is 0 Å². The predicted octanol–water partition coefficient (Wildman–Crippen LogP) is 1.56. The van der Waals surface area contributed by atoms with Crippen molar-refractivity contribution in [2.75, 3.05) is 39.6 Å². The molecule has 0 aliphatic carbocycles. The Hall–Kier alpha value is -1.14. The van der Waals surface area contributed by atoms with Crippen LogP contribution in [0.3, 0.4) is 0 Å². The minimum atomic E-state index is -0.292. The van der Waals surface area contributed by atoms with E-state index in [4.69, 9.17) is 14.2 Å². The van der Waals surface area contributed by atoms with E-state index in [1.807, 2.05) is 20.8 Å². The molecule has 114 valence electrons. The molecule has 19 heavy (non-hydrogen) atoms. The topological polar surface area (TPSA) is 71.1 Å². The Morgan fingerprint density at radius 1 is 0.737 bits per heavy atom. The van der Waals surface area contributed by atoms with Crippen molar-refractivity contribution in [1.29, 1.82) is 0 Å². The van der Waals surface area contributed by atoms with Crippen molar-refractivity contribution in [2.24, 2.45) is 0 Å². The van der Waals surface area contributed by atoms with E-state index in [0.717, 1.165) is 6.42 Å². The maximum Gasteiger partial charge on any atom is 0.332 e. The molecule has 0 rings (SSSR count). The third-order valence-electron chi connectivity index (χ3n) is 1.62. The summed E-state index contributed by atoms with van der Waals surface area (Å²) in [6, 6.07) is 0. The lowest BCUT2D eigenvalue weighted by molar-refractivity contribution is -0.149. The Morgan fingerprint density at radius 3 is 1.58 bits per heavy atom. The van der Waals surface area contributed by atoms with Gasteiger partial charge in [-0.2, -0.15) is 0 Å². The van der Waals surface area contributed by atoms with Gasteiger partial charge in [-0.05, 0) is 27.2 Å². The number of esters is 2. The Bertz CT molecular complexity index is 207. The summed E-state index contributed by atoms with van der Waals surface area (Å²) in [4.78, 5) is 21.1. The molecular weight excluding hydrogens is 252 g/mol. The van der Waals surface area contributed by atoms with Gasteiger partial charge in [0, 0.05) is 13.2 Å². The first-order valence-corrected chi connectivity index (χ1v) is 6.58. The number of carbonyl (C=O) groups is 2. The summed E-state index contributed by atoms with van der Waals surface area (Å²) in [6.45, 7) is 9.57. The number of ether oxygens (including phenoxy) is 4. The Kier molecular flexibility index (Phi) is 17.9. The van der Waals surface area contributed by atoms with Crippen molar-refractivity contribution in [3.63, 3.8) is 0 Å². The lowest BCUT2D eigenvalue weighted by Crippen LogP contribution is -2.12. The monoisotopic (exact) mass is 278 g/mol. The highest BCUT2D eigenvalue weighted by atomic mass is 16.6. The Labute approximate surface area is 115 Å². The number of hydrogen-bond donors (Lipinski definition) is 0. The van der Waals surface area contributed by atoms with Crippen molar-refractivity contribution < 1.29 is 28.5 Å². The van der Waals surface area contributed by atoms with Crippen molar-refractivity contribution in [1.82, 2.24) is 0 Å². The predicted molar refractivity (Wildman–Crippen MR) is 70.9 cm³/mol. The second-order valence-electron chi connectivity index (χ2n) is 3.30. The van der Waals surface area contributed by atoms with Crippen LogP contribution in [-0.2, 0) is 28.5 Å². The summed E-state index contributed by atoms with van der Waals surface area (Å²) in [7, 11) is 0. The van der Waals surface area contributed by atoms with Crippen molar-refractivity contribution in [3.8, 4) is 0 Å². The van der Waals surface area contributed by atoms with Gasteiger partial charge in [0.15, 0.2) is 0 Å². The van der Waals surface area contributed by atoms with Crippen LogP contribution < -0.4 is 0 Å². The summed E-state index contributed by atoms with van der Waals surface area (Å²) < 4.78 is 18.9. The van der Waals surface area contributed by atoms with Gasteiger partial charge in [0.25, 0.3) is 0 Å². The van der Waals surface area contributed by atoms with Gasteiger partial charge in [-0.1, -0.05) is 6.92 Å². The zero-order valence-corrected chi connectivity index (χ0v) is 12.4. The van der Waals surface area contributed by atoms with Crippen LogP contribution in [-0.4, -0.2) is 51.6 Å². The third kappa shape index (κ3) is 19.4. The molecule has 6 nitrogen and oxygen atoms in total. The average Bonchev–Trinajstić information content (AvgIpc) is 2.41. The van der Waals surface area contributed by atoms with Crippen LogP contribution in [0.25, 0.3) is 0 Å². The van der Waals surface area contributed by atoms with E-state index in [1.165, 1.54) is 0 Å². The maximum atomic E-state index is 10.6. The molecule has 0 unspecified atom stereocenters. The van der Waals surface area contributed by atoms with Gasteiger partial charge in [-0.25, -0.2) is 9.59 Å². The number of hydrogen-bond acceptors (Lipinski definition) is 6. The lowest BCUT2D eigenvalue weighted by Gasteiger charge is -2.01. The van der Waals surface area contributed by atoms with Crippen LogP contribution in [0, 0.1) is 0 Å². The fourth-order valence-corrected chi connectivity index (χ4v) is 0.831. The maximum absolute atomic E-state index is 10.6. The fourth-order valence-electron chi connectivity index (χ4n) is 0.831. The molecular formula is C13H26O6. The van der Waals surface area contributed by atoms with Crippen LogP contribution in [0.15, 0.2) is 0 Å². The molecule has 0 aliphatic rings. The molecule has 0 bridgehead atoms. The summed E-state index contributed by atoms with van der Waals surface area (Å²) >= 11 is 0. The van der Waals surface area contributed by atoms with E-state index in [0.29, 0.717) is 26.4 Å². The van der Waals surface area contributed by atoms with Gasteiger partial charge >= 0.3 is 11.9 Å². The average molecular weight is 278 g/mol. The largest absolute Gasteiger partial charge is 0.464 e. The van der Waals surface area contributed by atoms with Crippen molar-refractivity contribution in [3.05, 3.63) is 0 Å². The van der Waals surface area contributed by atoms with Crippen LogP contribution in [0.1, 0.15) is 34.1 Å². The quantitative estimate of drug-likeness (QED) is 0.596. The molecule has 0 spiro atoms. The van der Waals surface area contributed by atoms with Crippen LogP contribution >= 0.6 is 0 Å². The van der Waals surface area contributed by atoms with Gasteiger partial charge in [-0.3, -0.25) is 0 Å². The third-order valence-corrected chi connectivity index (χ3v) is 1.62. The van der Waals surface area contributed by atoms with E-state index in [-0.39, 0.29) is 25.2 Å². The smallest absolute Gasteiger partial charge is 0.332 e. The standard InChI is InChI=1S/C7H14O3.C6H12O3/c1-3-5-10-7(8)6-9-4-2;1-3-8-5-6(7)9-4-2/h3-6H2,1-2H3;3-5H2,1-2H3. The normalized spacial score (nSPS) is 9.26. The summed E-state index contributed by atoms with van der Waals surface area (Å²) in [5, 5.41) is 0. The minimum Gasteiger partial charge on any atom is -0.464 e. The molecule has 0 fully saturated rings. The summed E-state index contributed by atoms with van der Waals surface area (Å²) in [6.07, 6.45) is 0.859. The first kappa shape index (κ1) is 20.2. The molecule has 6 heteroatoms. The molecule has 0 saturated carbocycles. The fraction of sp³-hybridized carbons (Fsp3) is 0.846. The van der Waals surface area contributed by atoms with E-state index in [1.54, 1.807) is 6.92 Å². The molecule has 0 aromatic carbocycles. The van der Waals surface area contributed by atoms with E-state index >= 15 is 0 Å². The van der Waals surface area contributed by atoms with Gasteiger partial charge in [0.1, 0.15) is 13.2 Å². The Morgan fingerprint density at radius 2 is 1.21 bits per heavy atom. The zero-order valence-electron chi connectivity index (χ0n) is 12.4. The van der Waals surface area contributed by atoms with Gasteiger partial charge in [-0.15, -0.1) is 0 Å². The molecule has 0 amide bonds. The second kappa shape index (κ2) is 16.9. The first-order valence-electron chi connectivity index (χ1n) is 6.58. The molecule has 0 radical (unpaired) electrons. The second-order valence-corrected chi connectivity index (χ2v) is 3.30. The molecule has 0 heterocycles. The molecule has 0 aromatic heterocycles. The van der Waals surface area contributed by atoms with E-state index in [2.05, 4.69) is 4.74 Å². The molecule has 0 N–H and O–H groups in total. The minimum absolute atomic E-state index is 0.0737. The highest BCUT2D eigenvalue weighted by Crippen LogP contribution is 1.83. The van der Waals surface area contributed by atoms with E-state index in [9.17, 15) is 9.59 Å². The highest BCUT2D eigenvalue weighted by molar-refractivity contribution is 5.70. The van der Waals surface area contributed by atoms with Crippen LogP contribution in [0.5, 0.6) is 0 Å².